The fourth-order valence-electron chi connectivity index (χ4n) is 3.64. The highest BCUT2D eigenvalue weighted by molar-refractivity contribution is 5.95. The van der Waals surface area contributed by atoms with Crippen molar-refractivity contribution < 1.29 is 0 Å². The number of nitrogens with zero attached hydrogens (tertiary/aromatic N) is 1. The Morgan fingerprint density at radius 3 is 2.35 bits per heavy atom. The number of benzene rings is 2. The van der Waals surface area contributed by atoms with Gasteiger partial charge in [0.25, 0.3) is 0 Å². The molecule has 2 nitrogen and oxygen atoms in total. The summed E-state index contributed by atoms with van der Waals surface area (Å²) in [7, 11) is 0. The van der Waals surface area contributed by atoms with Gasteiger partial charge in [0, 0.05) is 17.3 Å². The summed E-state index contributed by atoms with van der Waals surface area (Å²) < 4.78 is 2.31. The van der Waals surface area contributed by atoms with E-state index in [1.54, 1.807) is 0 Å². The molecule has 0 saturated heterocycles. The second-order valence-electron chi connectivity index (χ2n) is 6.24. The first-order valence-electron chi connectivity index (χ1n) is 8.78. The highest BCUT2D eigenvalue weighted by Gasteiger charge is 2.14. The maximum atomic E-state index is 13.1. The molecule has 0 atom stereocenters. The third-order valence-corrected chi connectivity index (χ3v) is 4.58. The molecule has 0 fully saturated rings. The zero-order valence-electron chi connectivity index (χ0n) is 14.4. The molecule has 120 valence electrons. The van der Waals surface area contributed by atoms with Gasteiger partial charge in [0.05, 0.1) is 11.0 Å². The number of rotatable bonds is 5. The van der Waals surface area contributed by atoms with Crippen LogP contribution in [-0.4, -0.2) is 4.57 Å². The van der Waals surface area contributed by atoms with Crippen LogP contribution in [0.1, 0.15) is 44.7 Å². The standard InChI is InChI=1S/C21H25NO/c1-4-9-15-13-16(10-5-2)20-18(14-15)21(23)17-11-7-8-12-19(17)22(20)6-3/h7-8,11-14H,4-6,9-10H2,1-3H3. The molecule has 23 heavy (non-hydrogen) atoms. The van der Waals surface area contributed by atoms with Crippen molar-refractivity contribution in [3.63, 3.8) is 0 Å². The molecule has 3 rings (SSSR count). The van der Waals surface area contributed by atoms with Gasteiger partial charge in [-0.2, -0.15) is 0 Å². The molecule has 0 aliphatic heterocycles. The van der Waals surface area contributed by atoms with Crippen LogP contribution in [0, 0.1) is 0 Å². The van der Waals surface area contributed by atoms with Crippen molar-refractivity contribution in [3.05, 3.63) is 57.7 Å². The second kappa shape index (κ2) is 6.57. The Bertz CT molecular complexity index is 905. The number of fused-ring (bicyclic) bond motifs is 2. The van der Waals surface area contributed by atoms with E-state index >= 15 is 0 Å². The maximum Gasteiger partial charge on any atom is 0.197 e. The lowest BCUT2D eigenvalue weighted by Gasteiger charge is -2.18. The van der Waals surface area contributed by atoms with E-state index in [0.29, 0.717) is 0 Å². The predicted octanol–water partition coefficient (Wildman–Crippen LogP) is 5.08. The molecule has 1 aromatic heterocycles. The summed E-state index contributed by atoms with van der Waals surface area (Å²) in [5.74, 6) is 0. The molecule has 3 aromatic rings. The van der Waals surface area contributed by atoms with E-state index in [4.69, 9.17) is 0 Å². The Balaban J connectivity index is 2.50. The molecule has 0 spiro atoms. The first-order chi connectivity index (χ1) is 11.2. The average molecular weight is 307 g/mol. The van der Waals surface area contributed by atoms with Gasteiger partial charge in [0.2, 0.25) is 0 Å². The molecule has 0 unspecified atom stereocenters. The number of hydrogen-bond acceptors (Lipinski definition) is 1. The summed E-state index contributed by atoms with van der Waals surface area (Å²) >= 11 is 0. The summed E-state index contributed by atoms with van der Waals surface area (Å²) in [6.45, 7) is 7.43. The van der Waals surface area contributed by atoms with Crippen LogP contribution in [-0.2, 0) is 19.4 Å². The topological polar surface area (TPSA) is 22.0 Å². The van der Waals surface area contributed by atoms with Crippen molar-refractivity contribution >= 4 is 21.8 Å². The maximum absolute atomic E-state index is 13.1. The number of aromatic nitrogens is 1. The van der Waals surface area contributed by atoms with Crippen molar-refractivity contribution in [2.45, 2.75) is 53.0 Å². The van der Waals surface area contributed by atoms with Crippen molar-refractivity contribution in [3.8, 4) is 0 Å². The fourth-order valence-corrected chi connectivity index (χ4v) is 3.64. The lowest BCUT2D eigenvalue weighted by atomic mass is 9.97. The lowest BCUT2D eigenvalue weighted by molar-refractivity contribution is 0.808. The Kier molecular flexibility index (Phi) is 4.51. The molecule has 0 aliphatic carbocycles. The Morgan fingerprint density at radius 1 is 0.913 bits per heavy atom. The minimum absolute atomic E-state index is 0.176. The van der Waals surface area contributed by atoms with Crippen LogP contribution in [0.5, 0.6) is 0 Å². The average Bonchev–Trinajstić information content (AvgIpc) is 2.57. The van der Waals surface area contributed by atoms with Gasteiger partial charge in [-0.1, -0.05) is 44.9 Å². The highest BCUT2D eigenvalue weighted by atomic mass is 16.1. The van der Waals surface area contributed by atoms with Crippen LogP contribution in [0.25, 0.3) is 21.8 Å². The van der Waals surface area contributed by atoms with E-state index in [-0.39, 0.29) is 5.43 Å². The van der Waals surface area contributed by atoms with Crippen molar-refractivity contribution in [1.82, 2.24) is 4.57 Å². The second-order valence-corrected chi connectivity index (χ2v) is 6.24. The van der Waals surface area contributed by atoms with Crippen LogP contribution in [0.2, 0.25) is 0 Å². The summed E-state index contributed by atoms with van der Waals surface area (Å²) in [5.41, 5.74) is 4.97. The lowest BCUT2D eigenvalue weighted by Crippen LogP contribution is -2.13. The molecule has 0 saturated carbocycles. The van der Waals surface area contributed by atoms with Gasteiger partial charge in [0.15, 0.2) is 5.43 Å². The molecule has 1 heterocycles. The van der Waals surface area contributed by atoms with E-state index < -0.39 is 0 Å². The molecular formula is C21H25NO. The van der Waals surface area contributed by atoms with Gasteiger partial charge >= 0.3 is 0 Å². The van der Waals surface area contributed by atoms with Crippen LogP contribution >= 0.6 is 0 Å². The van der Waals surface area contributed by atoms with E-state index in [1.807, 2.05) is 18.2 Å². The molecule has 0 aliphatic rings. The first-order valence-corrected chi connectivity index (χ1v) is 8.78. The van der Waals surface area contributed by atoms with E-state index in [2.05, 4.69) is 43.5 Å². The fraction of sp³-hybridized carbons (Fsp3) is 0.381. The minimum Gasteiger partial charge on any atom is -0.340 e. The van der Waals surface area contributed by atoms with E-state index in [1.165, 1.54) is 11.1 Å². The van der Waals surface area contributed by atoms with Crippen molar-refractivity contribution in [2.24, 2.45) is 0 Å². The normalized spacial score (nSPS) is 11.4. The van der Waals surface area contributed by atoms with Gasteiger partial charge < -0.3 is 4.57 Å². The highest BCUT2D eigenvalue weighted by Crippen LogP contribution is 2.25. The quantitative estimate of drug-likeness (QED) is 0.602. The predicted molar refractivity (Wildman–Crippen MR) is 99.4 cm³/mol. The number of pyridine rings is 1. The number of aryl methyl sites for hydroxylation is 3. The first kappa shape index (κ1) is 15.8. The molecule has 2 heteroatoms. The smallest absolute Gasteiger partial charge is 0.197 e. The van der Waals surface area contributed by atoms with Gasteiger partial charge in [-0.25, -0.2) is 0 Å². The van der Waals surface area contributed by atoms with Crippen LogP contribution in [0.4, 0.5) is 0 Å². The van der Waals surface area contributed by atoms with Crippen molar-refractivity contribution in [2.75, 3.05) is 0 Å². The van der Waals surface area contributed by atoms with Crippen LogP contribution in [0.3, 0.4) is 0 Å². The largest absolute Gasteiger partial charge is 0.340 e. The van der Waals surface area contributed by atoms with Gasteiger partial charge in [-0.05, 0) is 49.1 Å². The molecule has 0 radical (unpaired) electrons. The zero-order chi connectivity index (χ0) is 16.4. The third kappa shape index (κ3) is 2.67. The molecule has 2 aromatic carbocycles. The number of hydrogen-bond donors (Lipinski definition) is 0. The van der Waals surface area contributed by atoms with Gasteiger partial charge in [0.1, 0.15) is 0 Å². The SMILES string of the molecule is CCCc1cc(CCC)c2c(c1)c(=O)c1ccccc1n2CC. The molecule has 0 N–H and O–H groups in total. The monoisotopic (exact) mass is 307 g/mol. The van der Waals surface area contributed by atoms with Gasteiger partial charge in [-0.15, -0.1) is 0 Å². The van der Waals surface area contributed by atoms with Crippen LogP contribution < -0.4 is 5.43 Å². The molecule has 0 amide bonds. The Labute approximate surface area is 137 Å². The third-order valence-electron chi connectivity index (χ3n) is 4.58. The zero-order valence-corrected chi connectivity index (χ0v) is 14.4. The summed E-state index contributed by atoms with van der Waals surface area (Å²) in [6.07, 6.45) is 4.25. The van der Waals surface area contributed by atoms with E-state index in [9.17, 15) is 4.79 Å². The summed E-state index contributed by atoms with van der Waals surface area (Å²) in [5, 5.41) is 1.72. The van der Waals surface area contributed by atoms with Crippen LogP contribution in [0.15, 0.2) is 41.2 Å². The summed E-state index contributed by atoms with van der Waals surface area (Å²) in [4.78, 5) is 13.1. The Hall–Kier alpha value is -2.09. The van der Waals surface area contributed by atoms with Gasteiger partial charge in [-0.3, -0.25) is 4.79 Å². The minimum atomic E-state index is 0.176. The van der Waals surface area contributed by atoms with E-state index in [0.717, 1.165) is 54.0 Å². The summed E-state index contributed by atoms with van der Waals surface area (Å²) in [6, 6.07) is 12.4. The number of para-hydroxylation sites is 1. The molecular weight excluding hydrogens is 282 g/mol. The molecule has 0 bridgehead atoms. The van der Waals surface area contributed by atoms with Crippen molar-refractivity contribution in [1.29, 1.82) is 0 Å². The Morgan fingerprint density at radius 2 is 1.65 bits per heavy atom.